The topological polar surface area (TPSA) is 48.5 Å². The number of aromatic nitrogens is 1. The van der Waals surface area contributed by atoms with Crippen molar-refractivity contribution in [1.29, 1.82) is 0 Å². The van der Waals surface area contributed by atoms with Crippen molar-refractivity contribution >= 4 is 11.6 Å². The van der Waals surface area contributed by atoms with Crippen molar-refractivity contribution in [3.63, 3.8) is 0 Å². The van der Waals surface area contributed by atoms with Crippen molar-refractivity contribution in [2.24, 2.45) is 0 Å². The number of hydrogen-bond donors (Lipinski definition) is 1. The van der Waals surface area contributed by atoms with Gasteiger partial charge in [-0.25, -0.2) is 0 Å². The summed E-state index contributed by atoms with van der Waals surface area (Å²) in [5.41, 5.74) is 1.51. The summed E-state index contributed by atoms with van der Waals surface area (Å²) >= 11 is 0. The predicted octanol–water partition coefficient (Wildman–Crippen LogP) is 2.07. The first-order valence-corrected chi connectivity index (χ1v) is 7.84. The van der Waals surface area contributed by atoms with Crippen molar-refractivity contribution in [3.8, 4) is 0 Å². The molecule has 0 aromatic carbocycles. The minimum absolute atomic E-state index is 0.00409. The molecule has 5 nitrogen and oxygen atoms in total. The van der Waals surface area contributed by atoms with Gasteiger partial charge in [0.15, 0.2) is 0 Å². The van der Waals surface area contributed by atoms with Gasteiger partial charge >= 0.3 is 0 Å². The van der Waals surface area contributed by atoms with E-state index in [0.717, 1.165) is 12.2 Å². The van der Waals surface area contributed by atoms with E-state index in [1.807, 2.05) is 26.0 Å². The molecule has 0 aliphatic carbocycles. The zero-order valence-electron chi connectivity index (χ0n) is 13.3. The Labute approximate surface area is 127 Å². The van der Waals surface area contributed by atoms with E-state index in [0.29, 0.717) is 24.8 Å². The average molecular weight is 290 g/mol. The van der Waals surface area contributed by atoms with Crippen LogP contribution in [0.15, 0.2) is 18.3 Å². The number of nitrogens with one attached hydrogen (secondary N) is 1. The van der Waals surface area contributed by atoms with Gasteiger partial charge in [-0.3, -0.25) is 9.78 Å². The summed E-state index contributed by atoms with van der Waals surface area (Å²) < 4.78 is 0. The molecule has 1 aromatic rings. The van der Waals surface area contributed by atoms with Gasteiger partial charge in [0.25, 0.3) is 5.91 Å². The van der Waals surface area contributed by atoms with Crippen LogP contribution in [0.3, 0.4) is 0 Å². The number of nitrogens with zero attached hydrogens (tertiary/aromatic N) is 3. The van der Waals surface area contributed by atoms with Gasteiger partial charge in [-0.05, 0) is 52.4 Å². The Hall–Kier alpha value is -1.62. The molecule has 2 heterocycles. The maximum atomic E-state index is 12.3. The summed E-state index contributed by atoms with van der Waals surface area (Å²) in [5, 5.41) is 3.53. The lowest BCUT2D eigenvalue weighted by atomic mass is 10.1. The molecular weight excluding hydrogens is 264 g/mol. The van der Waals surface area contributed by atoms with Crippen LogP contribution in [0.2, 0.25) is 0 Å². The van der Waals surface area contributed by atoms with Gasteiger partial charge in [0.2, 0.25) is 0 Å². The number of carbonyl (C=O) groups excluding carboxylic acids is 1. The lowest BCUT2D eigenvalue weighted by molar-refractivity contribution is 0.0767. The highest BCUT2D eigenvalue weighted by Crippen LogP contribution is 2.16. The number of pyridine rings is 1. The number of amides is 1. The van der Waals surface area contributed by atoms with Crippen molar-refractivity contribution in [2.45, 2.75) is 32.7 Å². The first-order valence-electron chi connectivity index (χ1n) is 7.84. The Morgan fingerprint density at radius 1 is 1.48 bits per heavy atom. The Morgan fingerprint density at radius 3 is 2.90 bits per heavy atom. The molecule has 0 saturated carbocycles. The second kappa shape index (κ2) is 7.41. The zero-order chi connectivity index (χ0) is 15.2. The molecule has 1 aliphatic heterocycles. The van der Waals surface area contributed by atoms with Crippen LogP contribution in [0.5, 0.6) is 0 Å². The van der Waals surface area contributed by atoms with E-state index in [9.17, 15) is 4.79 Å². The standard InChI is InChI=1S/C16H26N4O/c1-4-20(5-2)16(21)15-11-13(8-9-17-15)18-14-7-6-10-19(3)12-14/h8-9,11,14H,4-7,10,12H2,1-3H3,(H,17,18). The van der Waals surface area contributed by atoms with Gasteiger partial charge in [0.1, 0.15) is 5.69 Å². The van der Waals surface area contributed by atoms with Gasteiger partial charge in [0, 0.05) is 37.6 Å². The van der Waals surface area contributed by atoms with E-state index in [1.54, 1.807) is 11.1 Å². The molecule has 1 N–H and O–H groups in total. The molecule has 1 atom stereocenters. The van der Waals surface area contributed by atoms with E-state index in [1.165, 1.54) is 19.4 Å². The third kappa shape index (κ3) is 4.17. The average Bonchev–Trinajstić information content (AvgIpc) is 2.48. The summed E-state index contributed by atoms with van der Waals surface area (Å²) in [6, 6.07) is 4.26. The molecule has 1 fully saturated rings. The summed E-state index contributed by atoms with van der Waals surface area (Å²) in [5.74, 6) is 0.00409. The third-order valence-electron chi connectivity index (χ3n) is 4.02. The third-order valence-corrected chi connectivity index (χ3v) is 4.02. The van der Waals surface area contributed by atoms with Crippen molar-refractivity contribution in [2.75, 3.05) is 38.5 Å². The Morgan fingerprint density at radius 2 is 2.24 bits per heavy atom. The van der Waals surface area contributed by atoms with E-state index in [2.05, 4.69) is 22.2 Å². The number of anilines is 1. The fourth-order valence-electron chi connectivity index (χ4n) is 2.83. The Bertz CT molecular complexity index is 473. The number of rotatable bonds is 5. The lowest BCUT2D eigenvalue weighted by Crippen LogP contribution is -2.39. The quantitative estimate of drug-likeness (QED) is 0.902. The molecule has 0 bridgehead atoms. The fourth-order valence-corrected chi connectivity index (χ4v) is 2.83. The molecule has 1 aliphatic rings. The SMILES string of the molecule is CCN(CC)C(=O)c1cc(NC2CCCN(C)C2)ccn1. The number of likely N-dealkylation sites (tertiary alicyclic amines) is 1. The van der Waals surface area contributed by atoms with Crippen LogP contribution in [0.4, 0.5) is 5.69 Å². The zero-order valence-corrected chi connectivity index (χ0v) is 13.3. The molecular formula is C16H26N4O. The summed E-state index contributed by atoms with van der Waals surface area (Å²) in [7, 11) is 2.15. The number of piperidine rings is 1. The summed E-state index contributed by atoms with van der Waals surface area (Å²) in [4.78, 5) is 20.7. The Balaban J connectivity index is 2.05. The van der Waals surface area contributed by atoms with E-state index in [4.69, 9.17) is 0 Å². The first-order chi connectivity index (χ1) is 10.1. The maximum absolute atomic E-state index is 12.3. The second-order valence-electron chi connectivity index (χ2n) is 5.65. The van der Waals surface area contributed by atoms with Crippen LogP contribution in [-0.2, 0) is 0 Å². The van der Waals surface area contributed by atoms with Crippen LogP contribution in [0.25, 0.3) is 0 Å². The van der Waals surface area contributed by atoms with Crippen molar-refractivity contribution < 1.29 is 4.79 Å². The van der Waals surface area contributed by atoms with E-state index >= 15 is 0 Å². The van der Waals surface area contributed by atoms with E-state index < -0.39 is 0 Å². The highest BCUT2D eigenvalue weighted by atomic mass is 16.2. The fraction of sp³-hybridized carbons (Fsp3) is 0.625. The smallest absolute Gasteiger partial charge is 0.272 e. The minimum Gasteiger partial charge on any atom is -0.381 e. The van der Waals surface area contributed by atoms with Crippen LogP contribution >= 0.6 is 0 Å². The number of carbonyl (C=O) groups is 1. The van der Waals surface area contributed by atoms with Crippen LogP contribution < -0.4 is 5.32 Å². The molecule has 1 saturated heterocycles. The summed E-state index contributed by atoms with van der Waals surface area (Å²) in [6.45, 7) is 7.61. The number of hydrogen-bond acceptors (Lipinski definition) is 4. The van der Waals surface area contributed by atoms with Crippen LogP contribution in [-0.4, -0.2) is 60.0 Å². The van der Waals surface area contributed by atoms with Gasteiger partial charge in [-0.1, -0.05) is 0 Å². The maximum Gasteiger partial charge on any atom is 0.272 e. The predicted molar refractivity (Wildman–Crippen MR) is 85.6 cm³/mol. The highest BCUT2D eigenvalue weighted by molar-refractivity contribution is 5.93. The molecule has 116 valence electrons. The molecule has 21 heavy (non-hydrogen) atoms. The molecule has 1 unspecified atom stereocenters. The van der Waals surface area contributed by atoms with Gasteiger partial charge in [-0.15, -0.1) is 0 Å². The highest BCUT2D eigenvalue weighted by Gasteiger charge is 2.18. The lowest BCUT2D eigenvalue weighted by Gasteiger charge is -2.31. The Kier molecular flexibility index (Phi) is 5.56. The largest absolute Gasteiger partial charge is 0.381 e. The van der Waals surface area contributed by atoms with Gasteiger partial charge in [0.05, 0.1) is 0 Å². The molecule has 2 rings (SSSR count). The normalized spacial score (nSPS) is 19.3. The first kappa shape index (κ1) is 15.8. The minimum atomic E-state index is 0.00409. The second-order valence-corrected chi connectivity index (χ2v) is 5.65. The van der Waals surface area contributed by atoms with Gasteiger partial charge < -0.3 is 15.1 Å². The molecule has 1 amide bonds. The molecule has 0 radical (unpaired) electrons. The molecule has 1 aromatic heterocycles. The van der Waals surface area contributed by atoms with E-state index in [-0.39, 0.29) is 5.91 Å². The summed E-state index contributed by atoms with van der Waals surface area (Å²) in [6.07, 6.45) is 4.10. The van der Waals surface area contributed by atoms with Crippen molar-refractivity contribution in [1.82, 2.24) is 14.8 Å². The monoisotopic (exact) mass is 290 g/mol. The van der Waals surface area contributed by atoms with Gasteiger partial charge in [-0.2, -0.15) is 0 Å². The molecule has 5 heteroatoms. The van der Waals surface area contributed by atoms with Crippen LogP contribution in [0, 0.1) is 0 Å². The number of likely N-dealkylation sites (N-methyl/N-ethyl adjacent to an activating group) is 1. The van der Waals surface area contributed by atoms with Crippen LogP contribution in [0.1, 0.15) is 37.2 Å². The van der Waals surface area contributed by atoms with Crippen molar-refractivity contribution in [3.05, 3.63) is 24.0 Å². The molecule has 0 spiro atoms.